The maximum Gasteiger partial charge on any atom is 0.253 e. The maximum atomic E-state index is 13.8. The van der Waals surface area contributed by atoms with E-state index in [1.165, 1.54) is 17.4 Å². The molecule has 1 aromatic heterocycles. The summed E-state index contributed by atoms with van der Waals surface area (Å²) in [5.41, 5.74) is 1.07. The van der Waals surface area contributed by atoms with E-state index in [-0.39, 0.29) is 11.7 Å². The van der Waals surface area contributed by atoms with E-state index in [4.69, 9.17) is 4.74 Å². The highest BCUT2D eigenvalue weighted by molar-refractivity contribution is 7.22. The first-order valence-electron chi connectivity index (χ1n) is 8.39. The minimum absolute atomic E-state index is 0.0163. The first-order valence-corrected chi connectivity index (χ1v) is 9.20. The fourth-order valence-electron chi connectivity index (χ4n) is 3.06. The molecule has 4 rings (SSSR count). The monoisotopic (exact) mass is 371 g/mol. The number of fused-ring (bicyclic) bond motifs is 1. The van der Waals surface area contributed by atoms with E-state index in [0.29, 0.717) is 37.3 Å². The molecular weight excluding hydrogens is 353 g/mol. The van der Waals surface area contributed by atoms with Crippen molar-refractivity contribution in [1.29, 1.82) is 0 Å². The third kappa shape index (κ3) is 3.10. The Morgan fingerprint density at radius 1 is 1.12 bits per heavy atom. The van der Waals surface area contributed by atoms with Gasteiger partial charge >= 0.3 is 0 Å². The average molecular weight is 371 g/mol. The standard InChI is InChI=1S/C19H18FN3O2S/c1-25-14-7-5-13(6-8-14)18(24)22-9-11-23(12-10-22)19-21-17-15(20)3-2-4-16(17)26-19/h2-8H,9-12H2,1H3. The molecule has 0 bridgehead atoms. The summed E-state index contributed by atoms with van der Waals surface area (Å²) >= 11 is 1.49. The average Bonchev–Trinajstić information content (AvgIpc) is 3.13. The van der Waals surface area contributed by atoms with Crippen LogP contribution in [0.1, 0.15) is 10.4 Å². The lowest BCUT2D eigenvalue weighted by Gasteiger charge is -2.34. The molecule has 1 saturated heterocycles. The highest BCUT2D eigenvalue weighted by atomic mass is 32.1. The Balaban J connectivity index is 1.44. The number of rotatable bonds is 3. The maximum absolute atomic E-state index is 13.8. The molecule has 3 aromatic rings. The molecule has 5 nitrogen and oxygen atoms in total. The molecule has 2 aromatic carbocycles. The summed E-state index contributed by atoms with van der Waals surface area (Å²) in [4.78, 5) is 21.0. The number of anilines is 1. The lowest BCUT2D eigenvalue weighted by Crippen LogP contribution is -2.48. The molecule has 26 heavy (non-hydrogen) atoms. The summed E-state index contributed by atoms with van der Waals surface area (Å²) in [6, 6.07) is 12.2. The molecule has 0 unspecified atom stereocenters. The van der Waals surface area contributed by atoms with Gasteiger partial charge in [0.25, 0.3) is 5.91 Å². The van der Waals surface area contributed by atoms with Gasteiger partial charge in [-0.05, 0) is 36.4 Å². The summed E-state index contributed by atoms with van der Waals surface area (Å²) in [5.74, 6) is 0.454. The first kappa shape index (κ1) is 16.8. The fourth-order valence-corrected chi connectivity index (χ4v) is 4.09. The molecule has 134 valence electrons. The van der Waals surface area contributed by atoms with Crippen LogP contribution in [0.3, 0.4) is 0 Å². The summed E-state index contributed by atoms with van der Waals surface area (Å²) < 4.78 is 19.8. The van der Waals surface area contributed by atoms with Crippen molar-refractivity contribution in [2.24, 2.45) is 0 Å². The predicted molar refractivity (Wildman–Crippen MR) is 101 cm³/mol. The predicted octanol–water partition coefficient (Wildman–Crippen LogP) is 3.41. The van der Waals surface area contributed by atoms with Crippen molar-refractivity contribution in [3.05, 3.63) is 53.8 Å². The zero-order chi connectivity index (χ0) is 18.1. The number of amides is 1. The highest BCUT2D eigenvalue weighted by Crippen LogP contribution is 2.30. The van der Waals surface area contributed by atoms with E-state index in [1.807, 2.05) is 11.0 Å². The van der Waals surface area contributed by atoms with Crippen LogP contribution in [0.2, 0.25) is 0 Å². The number of halogens is 1. The third-order valence-corrected chi connectivity index (χ3v) is 5.61. The van der Waals surface area contributed by atoms with E-state index in [0.717, 1.165) is 15.6 Å². The molecule has 1 fully saturated rings. The number of piperazine rings is 1. The van der Waals surface area contributed by atoms with Crippen LogP contribution < -0.4 is 9.64 Å². The molecule has 2 heterocycles. The zero-order valence-electron chi connectivity index (χ0n) is 14.3. The summed E-state index contributed by atoms with van der Waals surface area (Å²) in [5, 5.41) is 0.807. The van der Waals surface area contributed by atoms with Crippen LogP contribution in [0.25, 0.3) is 10.2 Å². The fraction of sp³-hybridized carbons (Fsp3) is 0.263. The van der Waals surface area contributed by atoms with Crippen molar-refractivity contribution >= 4 is 32.6 Å². The second kappa shape index (κ2) is 6.92. The second-order valence-corrected chi connectivity index (χ2v) is 7.10. The molecule has 0 saturated carbocycles. The number of carbonyl (C=O) groups is 1. The molecular formula is C19H18FN3O2S. The lowest BCUT2D eigenvalue weighted by molar-refractivity contribution is 0.0746. The first-order chi connectivity index (χ1) is 12.7. The molecule has 1 aliphatic heterocycles. The van der Waals surface area contributed by atoms with Crippen LogP contribution in [0.15, 0.2) is 42.5 Å². The second-order valence-electron chi connectivity index (χ2n) is 6.09. The Labute approximate surface area is 154 Å². The number of methoxy groups -OCH3 is 1. The number of carbonyl (C=O) groups excluding carboxylic acids is 1. The van der Waals surface area contributed by atoms with Crippen molar-refractivity contribution in [2.45, 2.75) is 0 Å². The van der Waals surface area contributed by atoms with Gasteiger partial charge in [0.2, 0.25) is 0 Å². The van der Waals surface area contributed by atoms with Gasteiger partial charge in [0.1, 0.15) is 17.1 Å². The minimum Gasteiger partial charge on any atom is -0.497 e. The summed E-state index contributed by atoms with van der Waals surface area (Å²) in [6.45, 7) is 2.60. The molecule has 0 aliphatic carbocycles. The molecule has 1 amide bonds. The topological polar surface area (TPSA) is 45.7 Å². The Morgan fingerprint density at radius 2 is 1.85 bits per heavy atom. The summed E-state index contributed by atoms with van der Waals surface area (Å²) in [7, 11) is 1.60. The number of para-hydroxylation sites is 1. The van der Waals surface area contributed by atoms with Crippen LogP contribution in [-0.4, -0.2) is 49.1 Å². The van der Waals surface area contributed by atoms with Crippen molar-refractivity contribution in [2.75, 3.05) is 38.2 Å². The Kier molecular flexibility index (Phi) is 4.46. The zero-order valence-corrected chi connectivity index (χ0v) is 15.1. The van der Waals surface area contributed by atoms with Gasteiger partial charge in [-0.1, -0.05) is 17.4 Å². The number of nitrogens with zero attached hydrogens (tertiary/aromatic N) is 3. The minimum atomic E-state index is -0.293. The number of aromatic nitrogens is 1. The smallest absolute Gasteiger partial charge is 0.253 e. The van der Waals surface area contributed by atoms with Gasteiger partial charge < -0.3 is 14.5 Å². The van der Waals surface area contributed by atoms with Gasteiger partial charge in [-0.15, -0.1) is 0 Å². The largest absolute Gasteiger partial charge is 0.497 e. The highest BCUT2D eigenvalue weighted by Gasteiger charge is 2.24. The number of benzene rings is 2. The van der Waals surface area contributed by atoms with Crippen LogP contribution in [0.4, 0.5) is 9.52 Å². The number of hydrogen-bond donors (Lipinski definition) is 0. The molecule has 0 spiro atoms. The van der Waals surface area contributed by atoms with Crippen LogP contribution in [-0.2, 0) is 0 Å². The lowest BCUT2D eigenvalue weighted by atomic mass is 10.1. The Bertz CT molecular complexity index is 934. The molecule has 0 radical (unpaired) electrons. The van der Waals surface area contributed by atoms with Crippen molar-refractivity contribution in [3.8, 4) is 5.75 Å². The van der Waals surface area contributed by atoms with Gasteiger partial charge in [-0.3, -0.25) is 4.79 Å². The molecule has 0 atom stereocenters. The van der Waals surface area contributed by atoms with Gasteiger partial charge in [-0.25, -0.2) is 9.37 Å². The molecule has 7 heteroatoms. The van der Waals surface area contributed by atoms with Crippen LogP contribution in [0.5, 0.6) is 5.75 Å². The number of hydrogen-bond acceptors (Lipinski definition) is 5. The van der Waals surface area contributed by atoms with Crippen molar-refractivity contribution in [1.82, 2.24) is 9.88 Å². The van der Waals surface area contributed by atoms with Gasteiger partial charge in [0.05, 0.1) is 11.8 Å². The van der Waals surface area contributed by atoms with Crippen molar-refractivity contribution < 1.29 is 13.9 Å². The van der Waals surface area contributed by atoms with E-state index in [2.05, 4.69) is 9.88 Å². The van der Waals surface area contributed by atoms with Crippen LogP contribution in [0, 0.1) is 5.82 Å². The van der Waals surface area contributed by atoms with E-state index in [9.17, 15) is 9.18 Å². The molecule has 1 aliphatic rings. The summed E-state index contributed by atoms with van der Waals surface area (Å²) in [6.07, 6.45) is 0. The quantitative estimate of drug-likeness (QED) is 0.708. The number of ether oxygens (including phenoxy) is 1. The van der Waals surface area contributed by atoms with Crippen LogP contribution >= 0.6 is 11.3 Å². The SMILES string of the molecule is COc1ccc(C(=O)N2CCN(c3nc4c(F)cccc4s3)CC2)cc1. The van der Waals surface area contributed by atoms with Gasteiger partial charge in [0, 0.05) is 31.7 Å². The molecule has 0 N–H and O–H groups in total. The van der Waals surface area contributed by atoms with E-state index >= 15 is 0 Å². The third-order valence-electron chi connectivity index (χ3n) is 4.53. The Hall–Kier alpha value is -2.67. The van der Waals surface area contributed by atoms with E-state index in [1.54, 1.807) is 37.4 Å². The Morgan fingerprint density at radius 3 is 2.50 bits per heavy atom. The number of thiazole rings is 1. The van der Waals surface area contributed by atoms with E-state index < -0.39 is 0 Å². The van der Waals surface area contributed by atoms with Gasteiger partial charge in [0.15, 0.2) is 5.13 Å². The van der Waals surface area contributed by atoms with Crippen molar-refractivity contribution in [3.63, 3.8) is 0 Å². The van der Waals surface area contributed by atoms with Gasteiger partial charge in [-0.2, -0.15) is 0 Å². The normalized spacial score (nSPS) is 14.7.